The number of aromatic amines is 1. The van der Waals surface area contributed by atoms with Gasteiger partial charge in [0.25, 0.3) is 0 Å². The van der Waals surface area contributed by atoms with Crippen LogP contribution >= 0.6 is 0 Å². The van der Waals surface area contributed by atoms with Gasteiger partial charge >= 0.3 is 6.09 Å². The van der Waals surface area contributed by atoms with Crippen LogP contribution in [0.1, 0.15) is 51.6 Å². The molecule has 1 atom stereocenters. The minimum absolute atomic E-state index is 0.284. The van der Waals surface area contributed by atoms with E-state index < -0.39 is 5.60 Å². The summed E-state index contributed by atoms with van der Waals surface area (Å²) in [6.07, 6.45) is 4.93. The van der Waals surface area contributed by atoms with E-state index in [1.807, 2.05) is 26.8 Å². The number of nitrogens with zero attached hydrogens (tertiary/aromatic N) is 5. The number of hydrogen-bond donors (Lipinski definition) is 2. The fourth-order valence-corrected chi connectivity index (χ4v) is 3.67. The Labute approximate surface area is 177 Å². The third-order valence-electron chi connectivity index (χ3n) is 5.32. The molecule has 162 valence electrons. The minimum atomic E-state index is -0.484. The van der Waals surface area contributed by atoms with E-state index >= 15 is 0 Å². The van der Waals surface area contributed by atoms with Gasteiger partial charge in [0.2, 0.25) is 5.95 Å². The highest BCUT2D eigenvalue weighted by Gasteiger charge is 2.28. The molecule has 1 saturated carbocycles. The highest BCUT2D eigenvalue weighted by molar-refractivity contribution is 5.67. The molecule has 2 aromatic rings. The lowest BCUT2D eigenvalue weighted by Crippen LogP contribution is -2.37. The second kappa shape index (κ2) is 8.12. The van der Waals surface area contributed by atoms with E-state index in [-0.39, 0.29) is 6.09 Å². The number of carbonyl (C=O) groups is 1. The molecule has 30 heavy (non-hydrogen) atoms. The fraction of sp³-hybridized carbons (Fsp3) is 0.619. The van der Waals surface area contributed by atoms with E-state index in [4.69, 9.17) is 4.74 Å². The average Bonchev–Trinajstić information content (AvgIpc) is 3.24. The SMILES string of the molecule is CN(C[C@@H]1CCN(c2nccc(Nc3cc(C4CC4)[nH]n3)n2)C1)C(=O)OC(C)(C)C. The Hall–Kier alpha value is -2.84. The lowest BCUT2D eigenvalue weighted by atomic mass is 10.1. The summed E-state index contributed by atoms with van der Waals surface area (Å²) >= 11 is 0. The maximum absolute atomic E-state index is 12.2. The quantitative estimate of drug-likeness (QED) is 0.747. The molecule has 1 saturated heterocycles. The number of anilines is 3. The first kappa shape index (κ1) is 20.4. The second-order valence-electron chi connectivity index (χ2n) is 9.31. The Morgan fingerprint density at radius 1 is 1.33 bits per heavy atom. The van der Waals surface area contributed by atoms with Gasteiger partial charge in [-0.2, -0.15) is 10.1 Å². The van der Waals surface area contributed by atoms with Crippen molar-refractivity contribution in [2.75, 3.05) is 36.9 Å². The maximum Gasteiger partial charge on any atom is 0.410 e. The standard InChI is InChI=1S/C21H31N7O2/c1-21(2,3)30-20(29)27(4)12-14-8-10-28(13-14)19-22-9-7-17(24-19)23-18-11-16(25-26-18)15-5-6-15/h7,9,11,14-15H,5-6,8,10,12-13H2,1-4H3,(H2,22,23,24,25,26)/t14-/m0/s1. The zero-order chi connectivity index (χ0) is 21.3. The van der Waals surface area contributed by atoms with Crippen LogP contribution in [-0.2, 0) is 4.74 Å². The van der Waals surface area contributed by atoms with Crippen molar-refractivity contribution in [1.82, 2.24) is 25.1 Å². The van der Waals surface area contributed by atoms with E-state index in [0.29, 0.717) is 24.3 Å². The summed E-state index contributed by atoms with van der Waals surface area (Å²) in [5.74, 6) is 3.19. The molecule has 0 aromatic carbocycles. The van der Waals surface area contributed by atoms with Gasteiger partial charge in [-0.1, -0.05) is 0 Å². The lowest BCUT2D eigenvalue weighted by Gasteiger charge is -2.26. The van der Waals surface area contributed by atoms with Crippen LogP contribution in [0, 0.1) is 5.92 Å². The molecule has 0 unspecified atom stereocenters. The van der Waals surface area contributed by atoms with Crippen molar-refractivity contribution in [2.45, 2.75) is 51.6 Å². The number of ether oxygens (including phenoxy) is 1. The maximum atomic E-state index is 12.2. The predicted octanol–water partition coefficient (Wildman–Crippen LogP) is 3.51. The Bertz CT molecular complexity index is 887. The van der Waals surface area contributed by atoms with Crippen LogP contribution in [0.15, 0.2) is 18.3 Å². The van der Waals surface area contributed by atoms with Gasteiger partial charge in [-0.25, -0.2) is 9.78 Å². The van der Waals surface area contributed by atoms with Crippen molar-refractivity contribution >= 4 is 23.7 Å². The third kappa shape index (κ3) is 5.20. The van der Waals surface area contributed by atoms with Crippen LogP contribution < -0.4 is 10.2 Å². The van der Waals surface area contributed by atoms with E-state index in [0.717, 1.165) is 31.1 Å². The molecule has 4 rings (SSSR count). The molecule has 2 aliphatic rings. The monoisotopic (exact) mass is 413 g/mol. The number of aromatic nitrogens is 4. The second-order valence-corrected chi connectivity index (χ2v) is 9.31. The normalized spacial score (nSPS) is 19.1. The van der Waals surface area contributed by atoms with Gasteiger partial charge in [0.15, 0.2) is 5.82 Å². The molecule has 2 N–H and O–H groups in total. The summed E-state index contributed by atoms with van der Waals surface area (Å²) in [6, 6.07) is 3.90. The first-order valence-electron chi connectivity index (χ1n) is 10.6. The average molecular weight is 414 g/mol. The van der Waals surface area contributed by atoms with Gasteiger partial charge in [-0.05, 0) is 52.0 Å². The molecule has 2 aromatic heterocycles. The molecular formula is C21H31N7O2. The van der Waals surface area contributed by atoms with Crippen LogP contribution in [0.3, 0.4) is 0 Å². The highest BCUT2D eigenvalue weighted by atomic mass is 16.6. The molecule has 1 amide bonds. The fourth-order valence-electron chi connectivity index (χ4n) is 3.67. The molecule has 2 fully saturated rings. The topological polar surface area (TPSA) is 99.3 Å². The van der Waals surface area contributed by atoms with Gasteiger partial charge in [0, 0.05) is 50.6 Å². The molecule has 1 aliphatic carbocycles. The number of hydrogen-bond acceptors (Lipinski definition) is 7. The van der Waals surface area contributed by atoms with Gasteiger partial charge in [-0.3, -0.25) is 5.10 Å². The van der Waals surface area contributed by atoms with Crippen molar-refractivity contribution in [2.24, 2.45) is 5.92 Å². The molecule has 9 heteroatoms. The smallest absolute Gasteiger partial charge is 0.410 e. The van der Waals surface area contributed by atoms with Crippen molar-refractivity contribution in [3.05, 3.63) is 24.0 Å². The van der Waals surface area contributed by atoms with Crippen LogP contribution in [0.25, 0.3) is 0 Å². The number of H-pyrrole nitrogens is 1. The molecule has 0 radical (unpaired) electrons. The molecule has 1 aliphatic heterocycles. The summed E-state index contributed by atoms with van der Waals surface area (Å²) in [4.78, 5) is 25.1. The van der Waals surface area contributed by atoms with Crippen LogP contribution in [-0.4, -0.2) is 63.4 Å². The number of carbonyl (C=O) groups excluding carboxylic acids is 1. The molecule has 0 bridgehead atoms. The van der Waals surface area contributed by atoms with Gasteiger partial charge in [0.05, 0.1) is 0 Å². The molecule has 0 spiro atoms. The Balaban J connectivity index is 1.32. The molecule has 3 heterocycles. The predicted molar refractivity (Wildman–Crippen MR) is 115 cm³/mol. The molecular weight excluding hydrogens is 382 g/mol. The Kier molecular flexibility index (Phi) is 5.53. The van der Waals surface area contributed by atoms with E-state index in [1.54, 1.807) is 18.1 Å². The van der Waals surface area contributed by atoms with Gasteiger partial charge in [-0.15, -0.1) is 0 Å². The van der Waals surface area contributed by atoms with Crippen LogP contribution in [0.5, 0.6) is 0 Å². The van der Waals surface area contributed by atoms with Crippen molar-refractivity contribution in [3.63, 3.8) is 0 Å². The van der Waals surface area contributed by atoms with Crippen molar-refractivity contribution < 1.29 is 9.53 Å². The van der Waals surface area contributed by atoms with Crippen LogP contribution in [0.4, 0.5) is 22.4 Å². The summed E-state index contributed by atoms with van der Waals surface area (Å²) in [5, 5.41) is 10.7. The van der Waals surface area contributed by atoms with Gasteiger partial charge in [0.1, 0.15) is 11.4 Å². The first-order valence-corrected chi connectivity index (χ1v) is 10.6. The minimum Gasteiger partial charge on any atom is -0.444 e. The first-order chi connectivity index (χ1) is 14.3. The summed E-state index contributed by atoms with van der Waals surface area (Å²) in [7, 11) is 1.79. The number of amides is 1. The lowest BCUT2D eigenvalue weighted by molar-refractivity contribution is 0.0277. The van der Waals surface area contributed by atoms with E-state index in [1.165, 1.54) is 18.5 Å². The number of nitrogens with one attached hydrogen (secondary N) is 2. The van der Waals surface area contributed by atoms with Crippen molar-refractivity contribution in [1.29, 1.82) is 0 Å². The number of rotatable bonds is 6. The van der Waals surface area contributed by atoms with E-state index in [2.05, 4.69) is 36.4 Å². The molecule has 9 nitrogen and oxygen atoms in total. The van der Waals surface area contributed by atoms with Crippen molar-refractivity contribution in [3.8, 4) is 0 Å². The van der Waals surface area contributed by atoms with E-state index in [9.17, 15) is 4.79 Å². The highest BCUT2D eigenvalue weighted by Crippen LogP contribution is 2.39. The zero-order valence-corrected chi connectivity index (χ0v) is 18.2. The van der Waals surface area contributed by atoms with Gasteiger partial charge < -0.3 is 19.9 Å². The summed E-state index contributed by atoms with van der Waals surface area (Å²) < 4.78 is 5.45. The largest absolute Gasteiger partial charge is 0.444 e. The summed E-state index contributed by atoms with van der Waals surface area (Å²) in [6.45, 7) is 7.97. The third-order valence-corrected chi connectivity index (χ3v) is 5.32. The Morgan fingerprint density at radius 2 is 2.13 bits per heavy atom. The Morgan fingerprint density at radius 3 is 2.87 bits per heavy atom. The summed E-state index contributed by atoms with van der Waals surface area (Å²) in [5.41, 5.74) is 0.700. The zero-order valence-electron chi connectivity index (χ0n) is 18.2. The van der Waals surface area contributed by atoms with Crippen LogP contribution in [0.2, 0.25) is 0 Å².